The van der Waals surface area contributed by atoms with E-state index < -0.39 is 0 Å². The van der Waals surface area contributed by atoms with Gasteiger partial charge in [0, 0.05) is 12.0 Å². The molecular formula is C15H22ClNO2. The van der Waals surface area contributed by atoms with Crippen LogP contribution >= 0.6 is 11.6 Å². The molecule has 0 fully saturated rings. The minimum Gasteiger partial charge on any atom is -0.489 e. The fraction of sp³-hybridized carbons (Fsp3) is 0.600. The van der Waals surface area contributed by atoms with E-state index in [1.807, 2.05) is 6.07 Å². The van der Waals surface area contributed by atoms with Crippen molar-refractivity contribution in [2.24, 2.45) is 5.73 Å². The maximum Gasteiger partial charge on any atom is 0.180 e. The molecule has 0 spiro atoms. The van der Waals surface area contributed by atoms with Crippen molar-refractivity contribution < 1.29 is 9.47 Å². The summed E-state index contributed by atoms with van der Waals surface area (Å²) in [6.07, 6.45) is 2.75. The van der Waals surface area contributed by atoms with Gasteiger partial charge >= 0.3 is 0 Å². The molecule has 1 aliphatic heterocycles. The average Bonchev–Trinajstić information content (AvgIpc) is 2.65. The predicted octanol–water partition coefficient (Wildman–Crippen LogP) is 3.52. The third kappa shape index (κ3) is 2.98. The summed E-state index contributed by atoms with van der Waals surface area (Å²) in [7, 11) is 0. The zero-order chi connectivity index (χ0) is 13.8. The van der Waals surface area contributed by atoms with Crippen LogP contribution in [0.4, 0.5) is 0 Å². The van der Waals surface area contributed by atoms with Crippen LogP contribution in [0.15, 0.2) is 6.07 Å². The molecule has 1 heterocycles. The Labute approximate surface area is 120 Å². The van der Waals surface area contributed by atoms with E-state index in [4.69, 9.17) is 26.8 Å². The van der Waals surface area contributed by atoms with Crippen molar-refractivity contribution in [2.75, 3.05) is 19.8 Å². The molecule has 106 valence electrons. The first-order valence-corrected chi connectivity index (χ1v) is 7.37. The molecule has 1 aromatic rings. The van der Waals surface area contributed by atoms with Crippen molar-refractivity contribution in [2.45, 2.75) is 39.0 Å². The second-order valence-corrected chi connectivity index (χ2v) is 5.37. The van der Waals surface area contributed by atoms with Crippen LogP contribution in [0.5, 0.6) is 11.5 Å². The van der Waals surface area contributed by atoms with Gasteiger partial charge in [-0.2, -0.15) is 0 Å². The monoisotopic (exact) mass is 283 g/mol. The lowest BCUT2D eigenvalue weighted by molar-refractivity contribution is 0.296. The molecule has 0 bridgehead atoms. The smallest absolute Gasteiger partial charge is 0.180 e. The van der Waals surface area contributed by atoms with Gasteiger partial charge in [0.15, 0.2) is 11.5 Å². The van der Waals surface area contributed by atoms with E-state index in [1.54, 1.807) is 0 Å². The van der Waals surface area contributed by atoms with Gasteiger partial charge in [-0.1, -0.05) is 25.4 Å². The Morgan fingerprint density at radius 1 is 1.32 bits per heavy atom. The molecule has 1 aromatic carbocycles. The van der Waals surface area contributed by atoms with Gasteiger partial charge in [-0.3, -0.25) is 0 Å². The van der Waals surface area contributed by atoms with Gasteiger partial charge in [0.1, 0.15) is 0 Å². The second kappa shape index (κ2) is 6.49. The van der Waals surface area contributed by atoms with E-state index in [0.717, 1.165) is 25.0 Å². The van der Waals surface area contributed by atoms with Crippen LogP contribution in [-0.4, -0.2) is 19.8 Å². The van der Waals surface area contributed by atoms with E-state index in [9.17, 15) is 0 Å². The van der Waals surface area contributed by atoms with Crippen molar-refractivity contribution in [1.29, 1.82) is 0 Å². The second-order valence-electron chi connectivity index (χ2n) is 4.97. The first-order valence-electron chi connectivity index (χ1n) is 7.00. The summed E-state index contributed by atoms with van der Waals surface area (Å²) in [5, 5.41) is 0.646. The van der Waals surface area contributed by atoms with Crippen LogP contribution in [0.25, 0.3) is 0 Å². The molecule has 3 nitrogen and oxygen atoms in total. The fourth-order valence-corrected chi connectivity index (χ4v) is 2.83. The van der Waals surface area contributed by atoms with Crippen molar-refractivity contribution in [1.82, 2.24) is 0 Å². The third-order valence-electron chi connectivity index (χ3n) is 3.59. The molecule has 2 N–H and O–H groups in total. The molecule has 1 aliphatic rings. The zero-order valence-corrected chi connectivity index (χ0v) is 12.4. The SMILES string of the molecule is CCc1c(C(C)CCN)cc(Cl)c2c1OCCCO2. The highest BCUT2D eigenvalue weighted by molar-refractivity contribution is 6.32. The number of rotatable bonds is 4. The number of ether oxygens (including phenoxy) is 2. The molecule has 2 rings (SSSR count). The Morgan fingerprint density at radius 2 is 2.00 bits per heavy atom. The minimum atomic E-state index is 0.384. The summed E-state index contributed by atoms with van der Waals surface area (Å²) in [6.45, 7) is 6.34. The van der Waals surface area contributed by atoms with Gasteiger partial charge in [0.2, 0.25) is 0 Å². The van der Waals surface area contributed by atoms with Crippen molar-refractivity contribution >= 4 is 11.6 Å². The van der Waals surface area contributed by atoms with Crippen LogP contribution in [0.2, 0.25) is 5.02 Å². The highest BCUT2D eigenvalue weighted by Gasteiger charge is 2.23. The molecule has 0 amide bonds. The molecule has 4 heteroatoms. The molecule has 1 unspecified atom stereocenters. The zero-order valence-electron chi connectivity index (χ0n) is 11.7. The Bertz CT molecular complexity index is 448. The predicted molar refractivity (Wildman–Crippen MR) is 78.5 cm³/mol. The maximum atomic E-state index is 6.36. The van der Waals surface area contributed by atoms with E-state index in [2.05, 4.69) is 13.8 Å². The van der Waals surface area contributed by atoms with Crippen LogP contribution in [0.1, 0.15) is 43.7 Å². The molecule has 1 atom stereocenters. The van der Waals surface area contributed by atoms with Crippen molar-refractivity contribution in [3.63, 3.8) is 0 Å². The lowest BCUT2D eigenvalue weighted by Gasteiger charge is -2.21. The molecule has 0 aliphatic carbocycles. The standard InChI is InChI=1S/C15H22ClNO2/c1-3-11-12(10(2)5-6-17)9-13(16)15-14(11)18-7-4-8-19-15/h9-10H,3-8,17H2,1-2H3. The Kier molecular flexibility index (Phi) is 4.94. The number of hydrogen-bond donors (Lipinski definition) is 1. The third-order valence-corrected chi connectivity index (χ3v) is 3.87. The Hall–Kier alpha value is -0.930. The van der Waals surface area contributed by atoms with Crippen LogP contribution in [0, 0.1) is 0 Å². The number of halogens is 1. The van der Waals surface area contributed by atoms with Crippen LogP contribution in [0.3, 0.4) is 0 Å². The maximum absolute atomic E-state index is 6.36. The lowest BCUT2D eigenvalue weighted by Crippen LogP contribution is -2.08. The molecule has 0 aromatic heterocycles. The van der Waals surface area contributed by atoms with Gasteiger partial charge in [0.05, 0.1) is 18.2 Å². The van der Waals surface area contributed by atoms with E-state index in [0.29, 0.717) is 36.4 Å². The van der Waals surface area contributed by atoms with Crippen molar-refractivity contribution in [3.05, 3.63) is 22.2 Å². The van der Waals surface area contributed by atoms with E-state index in [1.165, 1.54) is 11.1 Å². The fourth-order valence-electron chi connectivity index (χ4n) is 2.57. The number of fused-ring (bicyclic) bond motifs is 1. The Morgan fingerprint density at radius 3 is 2.63 bits per heavy atom. The molecule has 0 radical (unpaired) electrons. The van der Waals surface area contributed by atoms with Gasteiger partial charge < -0.3 is 15.2 Å². The molecule has 19 heavy (non-hydrogen) atoms. The molecular weight excluding hydrogens is 262 g/mol. The number of hydrogen-bond acceptors (Lipinski definition) is 3. The summed E-state index contributed by atoms with van der Waals surface area (Å²) >= 11 is 6.36. The summed E-state index contributed by atoms with van der Waals surface area (Å²) in [6, 6.07) is 2.02. The van der Waals surface area contributed by atoms with Crippen LogP contribution < -0.4 is 15.2 Å². The number of nitrogens with two attached hydrogens (primary N) is 1. The van der Waals surface area contributed by atoms with E-state index >= 15 is 0 Å². The van der Waals surface area contributed by atoms with Crippen LogP contribution in [-0.2, 0) is 6.42 Å². The summed E-state index contributed by atoms with van der Waals surface area (Å²) in [5.41, 5.74) is 8.12. The lowest BCUT2D eigenvalue weighted by atomic mass is 9.91. The largest absolute Gasteiger partial charge is 0.489 e. The van der Waals surface area contributed by atoms with Gasteiger partial charge in [-0.25, -0.2) is 0 Å². The first kappa shape index (κ1) is 14.5. The van der Waals surface area contributed by atoms with Gasteiger partial charge in [-0.15, -0.1) is 0 Å². The van der Waals surface area contributed by atoms with Gasteiger partial charge in [0.25, 0.3) is 0 Å². The normalized spacial score (nSPS) is 16.0. The minimum absolute atomic E-state index is 0.384. The summed E-state index contributed by atoms with van der Waals surface area (Å²) in [4.78, 5) is 0. The topological polar surface area (TPSA) is 44.5 Å². The highest BCUT2D eigenvalue weighted by Crippen LogP contribution is 2.44. The average molecular weight is 284 g/mol. The van der Waals surface area contributed by atoms with Crippen molar-refractivity contribution in [3.8, 4) is 11.5 Å². The quantitative estimate of drug-likeness (QED) is 0.919. The Balaban J connectivity index is 2.50. The summed E-state index contributed by atoms with van der Waals surface area (Å²) < 4.78 is 11.6. The summed E-state index contributed by atoms with van der Waals surface area (Å²) in [5.74, 6) is 1.93. The molecule has 0 saturated heterocycles. The molecule has 0 saturated carbocycles. The highest BCUT2D eigenvalue weighted by atomic mass is 35.5. The first-order chi connectivity index (χ1) is 9.19. The van der Waals surface area contributed by atoms with Gasteiger partial charge in [-0.05, 0) is 36.9 Å². The number of benzene rings is 1. The van der Waals surface area contributed by atoms with E-state index in [-0.39, 0.29) is 0 Å².